The van der Waals surface area contributed by atoms with E-state index >= 15 is 0 Å². The van der Waals surface area contributed by atoms with Crippen molar-refractivity contribution in [1.29, 1.82) is 0 Å². The van der Waals surface area contributed by atoms with E-state index in [0.29, 0.717) is 11.4 Å². The molecule has 0 radical (unpaired) electrons. The molecule has 2 amide bonds. The van der Waals surface area contributed by atoms with Gasteiger partial charge in [0.2, 0.25) is 11.8 Å². The maximum Gasteiger partial charge on any atom is 0.328 e. The quantitative estimate of drug-likeness (QED) is 0.717. The van der Waals surface area contributed by atoms with Crippen molar-refractivity contribution in [3.05, 3.63) is 35.9 Å². The van der Waals surface area contributed by atoms with Crippen molar-refractivity contribution in [2.24, 2.45) is 0 Å². The lowest BCUT2D eigenvalue weighted by Gasteiger charge is -2.09. The number of anilines is 2. The molecular formula is C13H14N2O4. The second-order valence-corrected chi connectivity index (χ2v) is 3.87. The van der Waals surface area contributed by atoms with Crippen LogP contribution in [0.3, 0.4) is 0 Å². The predicted molar refractivity (Wildman–Crippen MR) is 70.9 cm³/mol. The van der Waals surface area contributed by atoms with Gasteiger partial charge < -0.3 is 15.7 Å². The molecule has 1 rings (SSSR count). The van der Waals surface area contributed by atoms with E-state index in [0.717, 1.165) is 17.7 Å². The van der Waals surface area contributed by atoms with Crippen LogP contribution in [0.4, 0.5) is 11.4 Å². The largest absolute Gasteiger partial charge is 0.478 e. The summed E-state index contributed by atoms with van der Waals surface area (Å²) in [5, 5.41) is 13.6. The Hall–Kier alpha value is -2.63. The number of rotatable bonds is 4. The van der Waals surface area contributed by atoms with Crippen LogP contribution in [0.2, 0.25) is 0 Å². The molecule has 3 N–H and O–H groups in total. The summed E-state index contributed by atoms with van der Waals surface area (Å²) in [4.78, 5) is 32.5. The Morgan fingerprint density at radius 3 is 2.37 bits per heavy atom. The molecule has 0 aliphatic carbocycles. The molecule has 0 aromatic heterocycles. The number of nitrogens with one attached hydrogen (secondary N) is 2. The van der Waals surface area contributed by atoms with Crippen molar-refractivity contribution in [2.45, 2.75) is 13.8 Å². The predicted octanol–water partition coefficient (Wildman–Crippen LogP) is 1.53. The molecule has 0 atom stereocenters. The van der Waals surface area contributed by atoms with Crippen LogP contribution >= 0.6 is 0 Å². The summed E-state index contributed by atoms with van der Waals surface area (Å²) in [7, 11) is 0. The Balaban J connectivity index is 2.76. The Bertz CT molecular complexity index is 550. The third kappa shape index (κ3) is 5.03. The Morgan fingerprint density at radius 1 is 1.16 bits per heavy atom. The number of amides is 2. The van der Waals surface area contributed by atoms with E-state index in [2.05, 4.69) is 10.6 Å². The van der Waals surface area contributed by atoms with E-state index in [1.54, 1.807) is 25.1 Å². The summed E-state index contributed by atoms with van der Waals surface area (Å²) in [6.07, 6.45) is 1.69. The van der Waals surface area contributed by atoms with E-state index < -0.39 is 11.9 Å². The van der Waals surface area contributed by atoms with Gasteiger partial charge in [0.05, 0.1) is 0 Å². The fraction of sp³-hybridized carbons (Fsp3) is 0.154. The average molecular weight is 262 g/mol. The molecule has 0 spiro atoms. The highest BCUT2D eigenvalue weighted by atomic mass is 16.4. The molecule has 0 aliphatic heterocycles. The summed E-state index contributed by atoms with van der Waals surface area (Å²) in [6.45, 7) is 3.19. The van der Waals surface area contributed by atoms with E-state index in [1.165, 1.54) is 6.92 Å². The van der Waals surface area contributed by atoms with Gasteiger partial charge in [-0.1, -0.05) is 0 Å². The fourth-order valence-corrected chi connectivity index (χ4v) is 1.40. The second kappa shape index (κ2) is 6.34. The lowest BCUT2D eigenvalue weighted by atomic mass is 10.1. The number of carbonyl (C=O) groups is 3. The van der Waals surface area contributed by atoms with Gasteiger partial charge in [-0.05, 0) is 30.7 Å². The number of carboxylic acid groups (broad SMARTS) is 1. The van der Waals surface area contributed by atoms with E-state index in [-0.39, 0.29) is 5.91 Å². The molecule has 19 heavy (non-hydrogen) atoms. The molecule has 0 bridgehead atoms. The van der Waals surface area contributed by atoms with Crippen molar-refractivity contribution in [3.8, 4) is 0 Å². The normalized spacial score (nSPS) is 10.2. The van der Waals surface area contributed by atoms with Gasteiger partial charge in [-0.3, -0.25) is 9.59 Å². The molecule has 6 heteroatoms. The first-order chi connectivity index (χ1) is 8.88. The molecule has 0 unspecified atom stereocenters. The average Bonchev–Trinajstić information content (AvgIpc) is 2.29. The van der Waals surface area contributed by atoms with Crippen LogP contribution in [-0.4, -0.2) is 22.9 Å². The third-order valence-electron chi connectivity index (χ3n) is 2.18. The number of hydrogen-bond acceptors (Lipinski definition) is 3. The van der Waals surface area contributed by atoms with Crippen LogP contribution in [0.25, 0.3) is 0 Å². The van der Waals surface area contributed by atoms with Gasteiger partial charge in [-0.25, -0.2) is 4.79 Å². The lowest BCUT2D eigenvalue weighted by Crippen LogP contribution is -2.10. The zero-order valence-electron chi connectivity index (χ0n) is 10.6. The van der Waals surface area contributed by atoms with Gasteiger partial charge in [-0.2, -0.15) is 0 Å². The molecule has 1 aromatic carbocycles. The van der Waals surface area contributed by atoms with E-state index in [9.17, 15) is 14.4 Å². The number of aliphatic carboxylic acids is 1. The van der Waals surface area contributed by atoms with Crippen LogP contribution in [0.5, 0.6) is 0 Å². The summed E-state index contributed by atoms with van der Waals surface area (Å²) >= 11 is 0. The van der Waals surface area contributed by atoms with Crippen molar-refractivity contribution in [1.82, 2.24) is 0 Å². The van der Waals surface area contributed by atoms with Gasteiger partial charge in [0, 0.05) is 30.5 Å². The molecule has 0 fully saturated rings. The molecule has 0 saturated heterocycles. The molecule has 6 nitrogen and oxygen atoms in total. The first-order valence-electron chi connectivity index (χ1n) is 5.48. The number of carbonyl (C=O) groups excluding carboxylic acids is 2. The van der Waals surface area contributed by atoms with Gasteiger partial charge in [0.1, 0.15) is 0 Å². The minimum Gasteiger partial charge on any atom is -0.478 e. The summed E-state index contributed by atoms with van der Waals surface area (Å²) in [5.41, 5.74) is 1.97. The van der Waals surface area contributed by atoms with Crippen molar-refractivity contribution in [3.63, 3.8) is 0 Å². The topological polar surface area (TPSA) is 95.5 Å². The number of aryl methyl sites for hydroxylation is 1. The molecule has 0 saturated carbocycles. The maximum absolute atomic E-state index is 11.4. The van der Waals surface area contributed by atoms with Crippen LogP contribution in [0.15, 0.2) is 30.4 Å². The SMILES string of the molecule is CC(=O)Nc1ccc(NC(=O)/C=C\C(=O)O)cc1C. The Labute approximate surface area is 110 Å². The van der Waals surface area contributed by atoms with E-state index in [1.807, 2.05) is 0 Å². The standard InChI is InChI=1S/C13H14N2O4/c1-8-7-10(3-4-11(8)14-9(2)16)15-12(17)5-6-13(18)19/h3-7H,1-2H3,(H,14,16)(H,15,17)(H,18,19)/b6-5-. The lowest BCUT2D eigenvalue weighted by molar-refractivity contribution is -0.131. The Kier molecular flexibility index (Phi) is 4.82. The molecule has 0 heterocycles. The van der Waals surface area contributed by atoms with Crippen LogP contribution in [0.1, 0.15) is 12.5 Å². The number of hydrogen-bond donors (Lipinski definition) is 3. The maximum atomic E-state index is 11.4. The van der Waals surface area contributed by atoms with Gasteiger partial charge in [0.25, 0.3) is 0 Å². The molecule has 100 valence electrons. The fourth-order valence-electron chi connectivity index (χ4n) is 1.40. The molecular weight excluding hydrogens is 248 g/mol. The van der Waals surface area contributed by atoms with Gasteiger partial charge in [-0.15, -0.1) is 0 Å². The number of carboxylic acids is 1. The van der Waals surface area contributed by atoms with Crippen LogP contribution in [-0.2, 0) is 14.4 Å². The molecule has 0 aliphatic rings. The highest BCUT2D eigenvalue weighted by Gasteiger charge is 2.03. The van der Waals surface area contributed by atoms with Crippen molar-refractivity contribution < 1.29 is 19.5 Å². The minimum atomic E-state index is -1.19. The third-order valence-corrected chi connectivity index (χ3v) is 2.18. The Morgan fingerprint density at radius 2 is 1.84 bits per heavy atom. The summed E-state index contributed by atoms with van der Waals surface area (Å²) in [5.74, 6) is -1.90. The van der Waals surface area contributed by atoms with E-state index in [4.69, 9.17) is 5.11 Å². The summed E-state index contributed by atoms with van der Waals surface area (Å²) in [6, 6.07) is 4.95. The first-order valence-corrected chi connectivity index (χ1v) is 5.48. The van der Waals surface area contributed by atoms with Crippen LogP contribution < -0.4 is 10.6 Å². The van der Waals surface area contributed by atoms with Crippen molar-refractivity contribution >= 4 is 29.2 Å². The minimum absolute atomic E-state index is 0.177. The van der Waals surface area contributed by atoms with Gasteiger partial charge in [0.15, 0.2) is 0 Å². The first kappa shape index (κ1) is 14.4. The smallest absolute Gasteiger partial charge is 0.328 e. The zero-order chi connectivity index (χ0) is 14.4. The van der Waals surface area contributed by atoms with Gasteiger partial charge >= 0.3 is 5.97 Å². The highest BCUT2D eigenvalue weighted by Crippen LogP contribution is 2.19. The second-order valence-electron chi connectivity index (χ2n) is 3.87. The number of benzene rings is 1. The zero-order valence-corrected chi connectivity index (χ0v) is 10.6. The van der Waals surface area contributed by atoms with Crippen molar-refractivity contribution in [2.75, 3.05) is 10.6 Å². The summed E-state index contributed by atoms with van der Waals surface area (Å²) < 4.78 is 0. The highest BCUT2D eigenvalue weighted by molar-refractivity contribution is 6.02. The van der Waals surface area contributed by atoms with Crippen LogP contribution in [0, 0.1) is 6.92 Å². The monoisotopic (exact) mass is 262 g/mol. The molecule has 1 aromatic rings.